The van der Waals surface area contributed by atoms with Crippen LogP contribution in [0, 0.1) is 12.8 Å². The molecule has 18 heavy (non-hydrogen) atoms. The minimum absolute atomic E-state index is 0.485. The van der Waals surface area contributed by atoms with Gasteiger partial charge in [-0.15, -0.1) is 23.1 Å². The van der Waals surface area contributed by atoms with Gasteiger partial charge in [-0.3, -0.25) is 0 Å². The van der Waals surface area contributed by atoms with Gasteiger partial charge in [0, 0.05) is 17.1 Å². The lowest BCUT2D eigenvalue weighted by Gasteiger charge is -2.12. The van der Waals surface area contributed by atoms with Crippen LogP contribution in [0.1, 0.15) is 24.5 Å². The van der Waals surface area contributed by atoms with Gasteiger partial charge in [0.2, 0.25) is 0 Å². The first kappa shape index (κ1) is 13.6. The first-order chi connectivity index (χ1) is 8.54. The monoisotopic (exact) mass is 277 g/mol. The normalized spacial score (nSPS) is 19.9. The van der Waals surface area contributed by atoms with Crippen LogP contribution in [-0.2, 0) is 6.42 Å². The number of rotatable bonds is 5. The van der Waals surface area contributed by atoms with Crippen molar-refractivity contribution < 1.29 is 0 Å². The van der Waals surface area contributed by atoms with Gasteiger partial charge in [0.1, 0.15) is 0 Å². The first-order valence-electron chi connectivity index (χ1n) is 6.20. The Hall–Kier alpha value is -0.800. The standard InChI is InChI=1S/C15H19NS2/c1-10-5-6-14(7-10)12(3)18-11(2)8-15-9-17-13(4)16-15/h5-7,9-10,12H,2,8H2,1,3-4H3. The number of nitrogens with zero attached hydrogens (tertiary/aromatic N) is 1. The smallest absolute Gasteiger partial charge is 0.0897 e. The molecule has 1 aromatic rings. The third kappa shape index (κ3) is 3.59. The first-order valence-corrected chi connectivity index (χ1v) is 7.96. The second kappa shape index (κ2) is 5.89. The molecule has 0 amide bonds. The maximum atomic E-state index is 4.48. The molecule has 2 atom stereocenters. The molecule has 96 valence electrons. The van der Waals surface area contributed by atoms with E-state index in [0.29, 0.717) is 11.2 Å². The van der Waals surface area contributed by atoms with Crippen molar-refractivity contribution in [2.45, 2.75) is 32.4 Å². The number of hydrogen-bond donors (Lipinski definition) is 0. The molecule has 2 unspecified atom stereocenters. The number of allylic oxidation sites excluding steroid dienone is 4. The Kier molecular flexibility index (Phi) is 4.46. The van der Waals surface area contributed by atoms with E-state index in [2.05, 4.69) is 49.0 Å². The molecule has 1 nitrogen and oxygen atoms in total. The molecule has 0 aromatic carbocycles. The zero-order valence-corrected chi connectivity index (χ0v) is 12.8. The van der Waals surface area contributed by atoms with Crippen molar-refractivity contribution in [2.75, 3.05) is 0 Å². The molecule has 1 aromatic heterocycles. The largest absolute Gasteiger partial charge is 0.246 e. The molecule has 0 saturated heterocycles. The maximum Gasteiger partial charge on any atom is 0.0897 e. The van der Waals surface area contributed by atoms with Crippen molar-refractivity contribution in [2.24, 2.45) is 5.92 Å². The van der Waals surface area contributed by atoms with Gasteiger partial charge in [0.15, 0.2) is 0 Å². The third-order valence-electron chi connectivity index (χ3n) is 2.91. The number of thioether (sulfide) groups is 1. The summed E-state index contributed by atoms with van der Waals surface area (Å²) in [6.45, 7) is 10.7. The number of thiazole rings is 1. The van der Waals surface area contributed by atoms with Gasteiger partial charge in [0.05, 0.1) is 10.7 Å². The molecule has 1 aliphatic rings. The van der Waals surface area contributed by atoms with Gasteiger partial charge in [-0.25, -0.2) is 4.98 Å². The second-order valence-electron chi connectivity index (χ2n) is 4.72. The highest BCUT2D eigenvalue weighted by atomic mass is 32.2. The van der Waals surface area contributed by atoms with E-state index in [0.717, 1.165) is 17.1 Å². The highest BCUT2D eigenvalue weighted by Gasteiger charge is 2.14. The van der Waals surface area contributed by atoms with Crippen LogP contribution >= 0.6 is 23.1 Å². The lowest BCUT2D eigenvalue weighted by atomic mass is 10.2. The SMILES string of the molecule is C=C(Cc1csc(C)n1)SC(C)C1=CC(C)C=C1. The predicted molar refractivity (Wildman–Crippen MR) is 83.1 cm³/mol. The molecule has 2 rings (SSSR count). The van der Waals surface area contributed by atoms with Crippen molar-refractivity contribution >= 4 is 23.1 Å². The summed E-state index contributed by atoms with van der Waals surface area (Å²) < 4.78 is 0. The average Bonchev–Trinajstić information content (AvgIpc) is 2.87. The van der Waals surface area contributed by atoms with E-state index in [9.17, 15) is 0 Å². The van der Waals surface area contributed by atoms with Gasteiger partial charge in [-0.1, -0.05) is 31.7 Å². The minimum Gasteiger partial charge on any atom is -0.246 e. The van der Waals surface area contributed by atoms with Crippen LogP contribution in [0.3, 0.4) is 0 Å². The summed E-state index contributed by atoms with van der Waals surface area (Å²) >= 11 is 3.56. The Morgan fingerprint density at radius 2 is 2.39 bits per heavy atom. The molecule has 3 heteroatoms. The molecule has 1 aliphatic carbocycles. The lowest BCUT2D eigenvalue weighted by Crippen LogP contribution is -2.00. The number of aromatic nitrogens is 1. The van der Waals surface area contributed by atoms with Crippen molar-refractivity contribution in [3.05, 3.63) is 51.4 Å². The number of hydrogen-bond acceptors (Lipinski definition) is 3. The molecule has 0 bridgehead atoms. The van der Waals surface area contributed by atoms with Crippen LogP contribution in [0.25, 0.3) is 0 Å². The van der Waals surface area contributed by atoms with Crippen molar-refractivity contribution in [3.8, 4) is 0 Å². The van der Waals surface area contributed by atoms with Gasteiger partial charge >= 0.3 is 0 Å². The van der Waals surface area contributed by atoms with Crippen LogP contribution in [0.4, 0.5) is 0 Å². The summed E-state index contributed by atoms with van der Waals surface area (Å²) in [5, 5.41) is 3.74. The quantitative estimate of drug-likeness (QED) is 0.769. The fraction of sp³-hybridized carbons (Fsp3) is 0.400. The topological polar surface area (TPSA) is 12.9 Å². The van der Waals surface area contributed by atoms with E-state index >= 15 is 0 Å². The van der Waals surface area contributed by atoms with Crippen LogP contribution in [0.15, 0.2) is 40.7 Å². The molecule has 0 radical (unpaired) electrons. The molecule has 1 heterocycles. The maximum absolute atomic E-state index is 4.48. The zero-order chi connectivity index (χ0) is 13.1. The Morgan fingerprint density at radius 3 is 2.94 bits per heavy atom. The Balaban J connectivity index is 1.88. The lowest BCUT2D eigenvalue weighted by molar-refractivity contribution is 0.950. The average molecular weight is 277 g/mol. The van der Waals surface area contributed by atoms with Gasteiger partial charge in [0.25, 0.3) is 0 Å². The molecule has 0 N–H and O–H groups in total. The molecule has 0 spiro atoms. The van der Waals surface area contributed by atoms with Crippen molar-refractivity contribution in [3.63, 3.8) is 0 Å². The van der Waals surface area contributed by atoms with Crippen LogP contribution in [0.5, 0.6) is 0 Å². The Bertz CT molecular complexity index is 496. The summed E-state index contributed by atoms with van der Waals surface area (Å²) in [7, 11) is 0. The predicted octanol–water partition coefficient (Wildman–Crippen LogP) is 4.76. The highest BCUT2D eigenvalue weighted by molar-refractivity contribution is 8.03. The van der Waals surface area contributed by atoms with Crippen molar-refractivity contribution in [1.29, 1.82) is 0 Å². The summed E-state index contributed by atoms with van der Waals surface area (Å²) in [6.07, 6.45) is 7.70. The molecular weight excluding hydrogens is 258 g/mol. The molecule has 0 saturated carbocycles. The van der Waals surface area contributed by atoms with Crippen molar-refractivity contribution in [1.82, 2.24) is 4.98 Å². The van der Waals surface area contributed by atoms with Crippen LogP contribution in [0.2, 0.25) is 0 Å². The minimum atomic E-state index is 0.485. The van der Waals surface area contributed by atoms with E-state index in [1.807, 2.05) is 18.7 Å². The fourth-order valence-electron chi connectivity index (χ4n) is 2.00. The van der Waals surface area contributed by atoms with Crippen LogP contribution in [-0.4, -0.2) is 10.2 Å². The molecule has 0 fully saturated rings. The number of aryl methyl sites for hydroxylation is 1. The summed E-state index contributed by atoms with van der Waals surface area (Å²) in [6, 6.07) is 0. The van der Waals surface area contributed by atoms with E-state index in [-0.39, 0.29) is 0 Å². The van der Waals surface area contributed by atoms with Crippen LogP contribution < -0.4 is 0 Å². The van der Waals surface area contributed by atoms with E-state index in [4.69, 9.17) is 0 Å². The second-order valence-corrected chi connectivity index (χ2v) is 7.30. The highest BCUT2D eigenvalue weighted by Crippen LogP contribution is 2.31. The summed E-state index contributed by atoms with van der Waals surface area (Å²) in [4.78, 5) is 5.68. The van der Waals surface area contributed by atoms with E-state index < -0.39 is 0 Å². The zero-order valence-electron chi connectivity index (χ0n) is 11.1. The summed E-state index contributed by atoms with van der Waals surface area (Å²) in [5.41, 5.74) is 2.56. The van der Waals surface area contributed by atoms with E-state index in [1.54, 1.807) is 11.3 Å². The van der Waals surface area contributed by atoms with E-state index in [1.165, 1.54) is 10.5 Å². The Labute approximate surface area is 118 Å². The van der Waals surface area contributed by atoms with Gasteiger partial charge < -0.3 is 0 Å². The Morgan fingerprint density at radius 1 is 1.61 bits per heavy atom. The van der Waals surface area contributed by atoms with Gasteiger partial charge in [-0.2, -0.15) is 0 Å². The third-order valence-corrected chi connectivity index (χ3v) is 4.83. The molecular formula is C15H19NS2. The fourth-order valence-corrected chi connectivity index (χ4v) is 3.64. The molecule has 0 aliphatic heterocycles. The summed E-state index contributed by atoms with van der Waals surface area (Å²) in [5.74, 6) is 0.581. The van der Waals surface area contributed by atoms with Gasteiger partial charge in [-0.05, 0) is 30.2 Å².